The lowest BCUT2D eigenvalue weighted by molar-refractivity contribution is -0.887. The molecule has 0 aromatic heterocycles. The number of carboxylic acid groups (broad SMARTS) is 1. The van der Waals surface area contributed by atoms with Crippen molar-refractivity contribution in [1.82, 2.24) is 0 Å². The monoisotopic (exact) mass is 705 g/mol. The topological polar surface area (TPSA) is 99.1 Å². The van der Waals surface area contributed by atoms with E-state index < -0.39 is 18.1 Å². The number of rotatable bonds is 34. The second-order valence-electron chi connectivity index (χ2n) is 14.2. The number of unbranched alkanes of at least 4 members (excludes halogenated alkanes) is 12. The summed E-state index contributed by atoms with van der Waals surface area (Å²) in [6.45, 7) is 4.55. The summed E-state index contributed by atoms with van der Waals surface area (Å²) >= 11 is 0. The van der Waals surface area contributed by atoms with Crippen molar-refractivity contribution in [1.29, 1.82) is 0 Å². The normalized spacial score (nSPS) is 13.5. The number of ether oxygens (including phenoxy) is 3. The van der Waals surface area contributed by atoms with Crippen molar-refractivity contribution in [3.63, 3.8) is 0 Å². The second kappa shape index (κ2) is 33.4. The number of aliphatic carboxylic acids is 1. The molecule has 0 aromatic rings. The highest BCUT2D eigenvalue weighted by Crippen LogP contribution is 2.13. The molecule has 0 aliphatic heterocycles. The first kappa shape index (κ1) is 47.3. The van der Waals surface area contributed by atoms with Crippen LogP contribution in [0.2, 0.25) is 0 Å². The molecule has 0 fully saturated rings. The van der Waals surface area contributed by atoms with Crippen LogP contribution in [0.25, 0.3) is 0 Å². The van der Waals surface area contributed by atoms with Crippen LogP contribution >= 0.6 is 0 Å². The lowest BCUT2D eigenvalue weighted by Gasteiger charge is -2.31. The van der Waals surface area contributed by atoms with E-state index in [4.69, 9.17) is 14.2 Å². The van der Waals surface area contributed by atoms with Crippen molar-refractivity contribution >= 4 is 17.9 Å². The van der Waals surface area contributed by atoms with Crippen LogP contribution in [-0.4, -0.2) is 80.6 Å². The number of likely N-dealkylation sites (N-methyl/N-ethyl adjacent to an activating group) is 1. The van der Waals surface area contributed by atoms with Crippen molar-refractivity contribution in [3.8, 4) is 0 Å². The van der Waals surface area contributed by atoms with E-state index in [0.29, 0.717) is 19.3 Å². The van der Waals surface area contributed by atoms with Crippen LogP contribution < -0.4 is 0 Å². The number of hydrogen-bond acceptors (Lipinski definition) is 6. The maximum absolute atomic E-state index is 12.6. The molecule has 288 valence electrons. The number of hydrogen-bond donors (Lipinski definition) is 1. The molecule has 2 atom stereocenters. The van der Waals surface area contributed by atoms with E-state index in [0.717, 1.165) is 77.0 Å². The lowest BCUT2D eigenvalue weighted by atomic mass is 10.1. The summed E-state index contributed by atoms with van der Waals surface area (Å²) in [4.78, 5) is 36.7. The number of allylic oxidation sites excluding steroid dienone is 8. The van der Waals surface area contributed by atoms with Gasteiger partial charge in [0.25, 0.3) is 0 Å². The first-order chi connectivity index (χ1) is 24.1. The molecule has 1 N–H and O–H groups in total. The van der Waals surface area contributed by atoms with Gasteiger partial charge in [-0.1, -0.05) is 127 Å². The van der Waals surface area contributed by atoms with Gasteiger partial charge in [-0.3, -0.25) is 9.59 Å². The molecule has 0 aromatic carbocycles. The van der Waals surface area contributed by atoms with Crippen LogP contribution in [0.1, 0.15) is 149 Å². The van der Waals surface area contributed by atoms with Crippen molar-refractivity contribution in [2.75, 3.05) is 41.0 Å². The zero-order valence-corrected chi connectivity index (χ0v) is 32.6. The Labute approximate surface area is 306 Å². The molecule has 0 heterocycles. The van der Waals surface area contributed by atoms with E-state index >= 15 is 0 Å². The van der Waals surface area contributed by atoms with Crippen molar-refractivity contribution in [2.45, 2.75) is 161 Å². The molecule has 50 heavy (non-hydrogen) atoms. The summed E-state index contributed by atoms with van der Waals surface area (Å²) in [6, 6.07) is -0.615. The lowest BCUT2D eigenvalue weighted by Crippen LogP contribution is -2.50. The molecule has 8 heteroatoms. The molecule has 0 rings (SSSR count). The third-order valence-corrected chi connectivity index (χ3v) is 8.49. The second-order valence-corrected chi connectivity index (χ2v) is 14.2. The predicted molar refractivity (Wildman–Crippen MR) is 206 cm³/mol. The van der Waals surface area contributed by atoms with Gasteiger partial charge in [0.05, 0.1) is 34.4 Å². The molecule has 8 nitrogen and oxygen atoms in total. The standard InChI is InChI=1S/C42H73NO7/c1-6-8-10-12-14-15-16-17-18-19-20-21-22-23-24-25-27-29-31-33-41(45)50-38(36-48-35-34-39(42(46)47)43(3,4)5)37-49-40(44)32-30-28-26-13-11-9-7-2/h8,10,14-15,17-18,20-21,38-39H,6-7,9,11-13,16,19,22-37H2,1-5H3/p+1/b10-8+,15-14+,18-17+,21-20+. The van der Waals surface area contributed by atoms with Gasteiger partial charge in [0.15, 0.2) is 12.1 Å². The Morgan fingerprint density at radius 1 is 0.620 bits per heavy atom. The molecular formula is C42H74NO7+. The fraction of sp³-hybridized carbons (Fsp3) is 0.738. The van der Waals surface area contributed by atoms with Gasteiger partial charge in [-0.25, -0.2) is 4.79 Å². The summed E-state index contributed by atoms with van der Waals surface area (Å²) < 4.78 is 17.1. The van der Waals surface area contributed by atoms with Gasteiger partial charge in [0.2, 0.25) is 0 Å². The maximum atomic E-state index is 12.6. The summed E-state index contributed by atoms with van der Waals surface area (Å²) in [6.07, 6.45) is 37.4. The van der Waals surface area contributed by atoms with Crippen LogP contribution in [0.15, 0.2) is 48.6 Å². The first-order valence-electron chi connectivity index (χ1n) is 19.7. The van der Waals surface area contributed by atoms with Gasteiger partial charge in [-0.15, -0.1) is 0 Å². The Hall–Kier alpha value is -2.71. The van der Waals surface area contributed by atoms with E-state index in [-0.39, 0.29) is 36.2 Å². The molecule has 0 spiro atoms. The number of quaternary nitrogens is 1. The number of nitrogens with zero attached hydrogens (tertiary/aromatic N) is 1. The van der Waals surface area contributed by atoms with Gasteiger partial charge in [-0.2, -0.15) is 0 Å². The van der Waals surface area contributed by atoms with Gasteiger partial charge in [0.1, 0.15) is 6.61 Å². The summed E-state index contributed by atoms with van der Waals surface area (Å²) in [5, 5.41) is 9.57. The van der Waals surface area contributed by atoms with Crippen LogP contribution in [0, 0.1) is 0 Å². The zero-order valence-electron chi connectivity index (χ0n) is 32.6. The molecule has 2 unspecified atom stereocenters. The maximum Gasteiger partial charge on any atom is 0.362 e. The molecule has 0 radical (unpaired) electrons. The van der Waals surface area contributed by atoms with Gasteiger partial charge < -0.3 is 23.8 Å². The highest BCUT2D eigenvalue weighted by Gasteiger charge is 2.31. The van der Waals surface area contributed by atoms with E-state index in [1.807, 2.05) is 21.1 Å². The highest BCUT2D eigenvalue weighted by atomic mass is 16.6. The summed E-state index contributed by atoms with van der Waals surface area (Å²) in [5.74, 6) is -1.50. The van der Waals surface area contributed by atoms with E-state index in [1.165, 1.54) is 38.5 Å². The van der Waals surface area contributed by atoms with Crippen molar-refractivity contribution < 1.29 is 38.2 Å². The zero-order chi connectivity index (χ0) is 37.1. The van der Waals surface area contributed by atoms with E-state index in [2.05, 4.69) is 62.5 Å². The molecule has 0 aliphatic rings. The average Bonchev–Trinajstić information content (AvgIpc) is 3.06. The van der Waals surface area contributed by atoms with Crippen LogP contribution in [0.5, 0.6) is 0 Å². The SMILES string of the molecule is CC/C=C/C/C=C/C/C=C/C/C=C/CCCCCCCCC(=O)OC(COCCC(C(=O)O)[N+](C)(C)C)COC(=O)CCCCCCCCC. The molecule has 0 saturated heterocycles. The van der Waals surface area contributed by atoms with E-state index in [1.54, 1.807) is 0 Å². The fourth-order valence-corrected chi connectivity index (χ4v) is 5.43. The minimum absolute atomic E-state index is 0.0548. The number of carbonyl (C=O) groups excluding carboxylic acids is 2. The minimum atomic E-state index is -0.880. The largest absolute Gasteiger partial charge is 0.477 e. The van der Waals surface area contributed by atoms with Crippen LogP contribution in [0.3, 0.4) is 0 Å². The Bertz CT molecular complexity index is 964. The molecule has 0 amide bonds. The highest BCUT2D eigenvalue weighted by molar-refractivity contribution is 5.72. The minimum Gasteiger partial charge on any atom is -0.477 e. The quantitative estimate of drug-likeness (QED) is 0.0308. The van der Waals surface area contributed by atoms with Gasteiger partial charge in [0, 0.05) is 19.3 Å². The first-order valence-corrected chi connectivity index (χ1v) is 19.7. The Morgan fingerprint density at radius 3 is 1.66 bits per heavy atom. The molecule has 0 saturated carbocycles. The van der Waals surface area contributed by atoms with E-state index in [9.17, 15) is 19.5 Å². The third-order valence-electron chi connectivity index (χ3n) is 8.49. The Morgan fingerprint density at radius 2 is 1.12 bits per heavy atom. The van der Waals surface area contributed by atoms with Crippen molar-refractivity contribution in [3.05, 3.63) is 48.6 Å². The Kier molecular flexibility index (Phi) is 31.6. The van der Waals surface area contributed by atoms with Crippen LogP contribution in [0.4, 0.5) is 0 Å². The van der Waals surface area contributed by atoms with Crippen molar-refractivity contribution in [2.24, 2.45) is 0 Å². The third kappa shape index (κ3) is 31.3. The number of carboxylic acids is 1. The van der Waals surface area contributed by atoms with Gasteiger partial charge >= 0.3 is 17.9 Å². The summed E-state index contributed by atoms with van der Waals surface area (Å²) in [5.41, 5.74) is 0. The van der Waals surface area contributed by atoms with Gasteiger partial charge in [-0.05, 0) is 51.4 Å². The smallest absolute Gasteiger partial charge is 0.362 e. The molecule has 0 bridgehead atoms. The molecular weight excluding hydrogens is 630 g/mol. The summed E-state index contributed by atoms with van der Waals surface area (Å²) in [7, 11) is 5.50. The average molecular weight is 705 g/mol. The van der Waals surface area contributed by atoms with Crippen LogP contribution in [-0.2, 0) is 28.6 Å². The fourth-order valence-electron chi connectivity index (χ4n) is 5.43. The predicted octanol–water partition coefficient (Wildman–Crippen LogP) is 10.1. The Balaban J connectivity index is 4.34. The number of esters is 2. The molecule has 0 aliphatic carbocycles. The number of carbonyl (C=O) groups is 3.